The Labute approximate surface area is 178 Å². The number of anilines is 1. The Bertz CT molecular complexity index is 1170. The minimum atomic E-state index is -0.987. The van der Waals surface area contributed by atoms with E-state index in [1.165, 1.54) is 24.2 Å². The fourth-order valence-corrected chi connectivity index (χ4v) is 3.26. The molecule has 2 amide bonds. The predicted octanol–water partition coefficient (Wildman–Crippen LogP) is 1.88. The first-order valence-corrected chi connectivity index (χ1v) is 9.54. The molecule has 3 aromatic rings. The van der Waals surface area contributed by atoms with Crippen molar-refractivity contribution in [2.75, 3.05) is 11.9 Å². The zero-order valence-electron chi connectivity index (χ0n) is 16.9. The van der Waals surface area contributed by atoms with E-state index in [0.717, 1.165) is 5.56 Å². The molecule has 0 bridgehead atoms. The third-order valence-corrected chi connectivity index (χ3v) is 4.88. The average Bonchev–Trinajstić information content (AvgIpc) is 3.22. The maximum absolute atomic E-state index is 13.0. The summed E-state index contributed by atoms with van der Waals surface area (Å²) >= 11 is 0. The summed E-state index contributed by atoms with van der Waals surface area (Å²) < 4.78 is 5.84. The summed E-state index contributed by atoms with van der Waals surface area (Å²) in [7, 11) is 1.54. The summed E-state index contributed by atoms with van der Waals surface area (Å²) in [5.41, 5.74) is 1.32. The van der Waals surface area contributed by atoms with E-state index < -0.39 is 24.0 Å². The van der Waals surface area contributed by atoms with Crippen molar-refractivity contribution in [2.45, 2.75) is 25.5 Å². The Kier molecular flexibility index (Phi) is 5.32. The number of hydrogen-bond acceptors (Lipinski definition) is 6. The minimum absolute atomic E-state index is 0.0660. The molecule has 4 rings (SSSR count). The van der Waals surface area contributed by atoms with Crippen LogP contribution in [-0.4, -0.2) is 51.2 Å². The second-order valence-corrected chi connectivity index (χ2v) is 7.07. The van der Waals surface area contributed by atoms with Gasteiger partial charge < -0.3 is 10.1 Å². The van der Waals surface area contributed by atoms with Crippen molar-refractivity contribution in [2.24, 2.45) is 0 Å². The Hall–Kier alpha value is -4.26. The number of rotatable bonds is 4. The van der Waals surface area contributed by atoms with Crippen molar-refractivity contribution in [3.8, 4) is 5.75 Å². The lowest BCUT2D eigenvalue weighted by Crippen LogP contribution is -2.53. The Balaban J connectivity index is 1.50. The molecule has 1 aromatic carbocycles. The van der Waals surface area contributed by atoms with E-state index in [9.17, 15) is 9.59 Å². The van der Waals surface area contributed by atoms with Crippen LogP contribution in [0.4, 0.5) is 11.5 Å². The number of benzene rings is 1. The first-order valence-electron chi connectivity index (χ1n) is 9.54. The summed E-state index contributed by atoms with van der Waals surface area (Å²) in [6, 6.07) is 10.2. The molecule has 3 heterocycles. The molecule has 0 spiro atoms. The van der Waals surface area contributed by atoms with E-state index >= 15 is 0 Å². The van der Waals surface area contributed by atoms with E-state index in [1.54, 1.807) is 6.92 Å². The van der Waals surface area contributed by atoms with Gasteiger partial charge in [-0.25, -0.2) is 14.8 Å². The number of pyridine rings is 1. The molecular weight excluding hydrogens is 398 g/mol. The van der Waals surface area contributed by atoms with Crippen LogP contribution >= 0.6 is 0 Å². The monoisotopic (exact) mass is 417 g/mol. The quantitative estimate of drug-likeness (QED) is 0.626. The van der Waals surface area contributed by atoms with Gasteiger partial charge in [0.05, 0.1) is 6.57 Å². The molecular formula is C21H19N7O3. The summed E-state index contributed by atoms with van der Waals surface area (Å²) in [4.78, 5) is 38.7. The molecule has 2 N–H and O–H groups in total. The molecule has 1 aliphatic rings. The van der Waals surface area contributed by atoms with Crippen molar-refractivity contribution >= 4 is 23.3 Å². The van der Waals surface area contributed by atoms with Gasteiger partial charge in [-0.05, 0) is 18.6 Å². The summed E-state index contributed by atoms with van der Waals surface area (Å²) in [6.45, 7) is 8.79. The number of hydrogen-bond donors (Lipinski definition) is 2. The maximum atomic E-state index is 13.0. The summed E-state index contributed by atoms with van der Waals surface area (Å²) in [5.74, 6) is 0.0545. The van der Waals surface area contributed by atoms with Crippen molar-refractivity contribution in [1.29, 1.82) is 0 Å². The number of likely N-dealkylation sites (N-methyl/N-ethyl adjacent to an activating group) is 1. The lowest BCUT2D eigenvalue weighted by atomic mass is 10.1. The van der Waals surface area contributed by atoms with Gasteiger partial charge in [0.15, 0.2) is 11.6 Å². The molecule has 10 nitrogen and oxygen atoms in total. The topological polar surface area (TPSA) is 117 Å². The molecule has 10 heteroatoms. The number of aromatic amines is 1. The van der Waals surface area contributed by atoms with Crippen molar-refractivity contribution in [3.63, 3.8) is 0 Å². The highest BCUT2D eigenvalue weighted by Crippen LogP contribution is 2.33. The van der Waals surface area contributed by atoms with E-state index in [1.807, 2.05) is 30.3 Å². The SMILES string of the molecule is [C-]#[N+]c1cnc2c(c1)O[C@H](C)[C@H](NC(=O)c1n[nH]c(Cc3ccccc3)n1)C(=O)N2C. The van der Waals surface area contributed by atoms with Gasteiger partial charge in [0.1, 0.15) is 18.0 Å². The van der Waals surface area contributed by atoms with Crippen molar-refractivity contribution in [1.82, 2.24) is 25.5 Å². The lowest BCUT2D eigenvalue weighted by molar-refractivity contribution is -0.121. The fourth-order valence-electron chi connectivity index (χ4n) is 3.26. The van der Waals surface area contributed by atoms with Gasteiger partial charge in [-0.15, -0.1) is 5.10 Å². The molecule has 0 radical (unpaired) electrons. The van der Waals surface area contributed by atoms with Gasteiger partial charge in [0.2, 0.25) is 11.5 Å². The highest BCUT2D eigenvalue weighted by molar-refractivity contribution is 6.02. The first-order chi connectivity index (χ1) is 15.0. The molecule has 31 heavy (non-hydrogen) atoms. The number of amides is 2. The van der Waals surface area contributed by atoms with Gasteiger partial charge in [-0.1, -0.05) is 30.3 Å². The number of fused-ring (bicyclic) bond motifs is 1. The highest BCUT2D eigenvalue weighted by atomic mass is 16.5. The predicted molar refractivity (Wildman–Crippen MR) is 111 cm³/mol. The number of H-pyrrole nitrogens is 1. The molecule has 156 valence electrons. The molecule has 0 saturated carbocycles. The van der Waals surface area contributed by atoms with Crippen LogP contribution in [0.3, 0.4) is 0 Å². The molecule has 2 aromatic heterocycles. The number of nitrogens with one attached hydrogen (secondary N) is 2. The van der Waals surface area contributed by atoms with Gasteiger partial charge in [-0.2, -0.15) is 0 Å². The average molecular weight is 417 g/mol. The lowest BCUT2D eigenvalue weighted by Gasteiger charge is -2.22. The van der Waals surface area contributed by atoms with Crippen LogP contribution in [0, 0.1) is 6.57 Å². The third kappa shape index (κ3) is 4.06. The van der Waals surface area contributed by atoms with Crippen molar-refractivity contribution in [3.05, 3.63) is 71.2 Å². The zero-order chi connectivity index (χ0) is 22.0. The fraction of sp³-hybridized carbons (Fsp3) is 0.238. The van der Waals surface area contributed by atoms with Gasteiger partial charge in [0.25, 0.3) is 11.8 Å². The molecule has 1 aliphatic heterocycles. The number of carbonyl (C=O) groups excluding carboxylic acids is 2. The van der Waals surface area contributed by atoms with Crippen LogP contribution in [0.1, 0.15) is 28.9 Å². The molecule has 0 aliphatic carbocycles. The Morgan fingerprint density at radius 2 is 2.13 bits per heavy atom. The standard InChI is InChI=1S/C21H19N7O3/c1-12-17(21(30)28(3)19-15(31-12)10-14(22-2)11-23-19)25-20(29)18-24-16(26-27-18)9-13-7-5-4-6-8-13/h4-8,10-12,17H,9H2,1,3H3,(H,25,29)(H,24,26,27)/t12-,17+/m1/s1. The number of nitrogens with zero attached hydrogens (tertiary/aromatic N) is 5. The normalized spacial score (nSPS) is 17.8. The largest absolute Gasteiger partial charge is 0.485 e. The van der Waals surface area contributed by atoms with E-state index in [2.05, 4.69) is 30.3 Å². The second-order valence-electron chi connectivity index (χ2n) is 7.07. The summed E-state index contributed by atoms with van der Waals surface area (Å²) in [5, 5.41) is 9.39. The highest BCUT2D eigenvalue weighted by Gasteiger charge is 2.37. The van der Waals surface area contributed by atoms with Crippen LogP contribution in [0.15, 0.2) is 42.6 Å². The minimum Gasteiger partial charge on any atom is -0.485 e. The third-order valence-electron chi connectivity index (χ3n) is 4.88. The smallest absolute Gasteiger partial charge is 0.291 e. The van der Waals surface area contributed by atoms with Gasteiger partial charge >= 0.3 is 0 Å². The maximum Gasteiger partial charge on any atom is 0.291 e. The zero-order valence-corrected chi connectivity index (χ0v) is 16.9. The van der Waals surface area contributed by atoms with Crippen LogP contribution in [0.25, 0.3) is 4.85 Å². The van der Waals surface area contributed by atoms with Crippen LogP contribution < -0.4 is 15.0 Å². The Morgan fingerprint density at radius 3 is 2.87 bits per heavy atom. The second kappa shape index (κ2) is 8.23. The van der Waals surface area contributed by atoms with Crippen LogP contribution in [0.5, 0.6) is 5.75 Å². The number of carbonyl (C=O) groups is 2. The van der Waals surface area contributed by atoms with E-state index in [-0.39, 0.29) is 11.6 Å². The van der Waals surface area contributed by atoms with Gasteiger partial charge in [-0.3, -0.25) is 19.6 Å². The van der Waals surface area contributed by atoms with Gasteiger partial charge in [0, 0.05) is 19.7 Å². The molecule has 2 atom stereocenters. The first kappa shape index (κ1) is 20.0. The number of ether oxygens (including phenoxy) is 1. The number of aromatic nitrogens is 4. The van der Waals surface area contributed by atoms with Crippen LogP contribution in [0.2, 0.25) is 0 Å². The van der Waals surface area contributed by atoms with E-state index in [4.69, 9.17) is 11.3 Å². The molecule has 0 fully saturated rings. The van der Waals surface area contributed by atoms with E-state index in [0.29, 0.717) is 23.7 Å². The van der Waals surface area contributed by atoms with Crippen molar-refractivity contribution < 1.29 is 14.3 Å². The molecule has 0 saturated heterocycles. The van der Waals surface area contributed by atoms with Crippen LogP contribution in [-0.2, 0) is 11.2 Å². The summed E-state index contributed by atoms with van der Waals surface area (Å²) in [6.07, 6.45) is 1.16. The Morgan fingerprint density at radius 1 is 1.35 bits per heavy atom. The molecule has 0 unspecified atom stereocenters.